The van der Waals surface area contributed by atoms with Crippen molar-refractivity contribution in [2.75, 3.05) is 6.61 Å². The molecule has 0 saturated heterocycles. The van der Waals surface area contributed by atoms with E-state index < -0.39 is 5.97 Å². The highest BCUT2D eigenvalue weighted by atomic mass is 35.5. The van der Waals surface area contributed by atoms with Gasteiger partial charge in [-0.15, -0.1) is 0 Å². The zero-order valence-electron chi connectivity index (χ0n) is 8.88. The van der Waals surface area contributed by atoms with Gasteiger partial charge in [0.2, 0.25) is 0 Å². The molecule has 5 nitrogen and oxygen atoms in total. The third-order valence-corrected chi connectivity index (χ3v) is 3.35. The molecule has 9 heteroatoms. The normalized spacial score (nSPS) is 10.9. The van der Waals surface area contributed by atoms with Crippen LogP contribution in [0.15, 0.2) is 0 Å². The van der Waals surface area contributed by atoms with Crippen LogP contribution in [-0.2, 0) is 4.74 Å². The van der Waals surface area contributed by atoms with E-state index in [1.165, 1.54) is 4.40 Å². The molecule has 0 spiro atoms. The van der Waals surface area contributed by atoms with Gasteiger partial charge in [0.05, 0.1) is 6.61 Å². The topological polar surface area (TPSA) is 56.5 Å². The highest BCUT2D eigenvalue weighted by Gasteiger charge is 2.23. The van der Waals surface area contributed by atoms with Crippen molar-refractivity contribution in [2.24, 2.45) is 0 Å². The molecule has 96 valence electrons. The Bertz CT molecular complexity index is 641. The highest BCUT2D eigenvalue weighted by Crippen LogP contribution is 2.31. The maximum absolute atomic E-state index is 11.6. The number of aromatic nitrogens is 3. The van der Waals surface area contributed by atoms with Gasteiger partial charge in [0.15, 0.2) is 26.8 Å². The molecule has 18 heavy (non-hydrogen) atoms. The lowest BCUT2D eigenvalue weighted by Crippen LogP contribution is -2.05. The Morgan fingerprint density at radius 1 is 1.17 bits per heavy atom. The number of fused-ring (bicyclic) bond motifs is 1. The summed E-state index contributed by atoms with van der Waals surface area (Å²) >= 11 is 23.6. The first-order valence-corrected chi connectivity index (χ1v) is 6.24. The largest absolute Gasteiger partial charge is 0.461 e. The van der Waals surface area contributed by atoms with Crippen molar-refractivity contribution >= 4 is 58.0 Å². The molecule has 0 bridgehead atoms. The number of rotatable bonds is 2. The quantitative estimate of drug-likeness (QED) is 0.791. The molecule has 0 aliphatic carbocycles. The average Bonchev–Trinajstić information content (AvgIpc) is 2.65. The Morgan fingerprint density at radius 2 is 1.83 bits per heavy atom. The monoisotopic (exact) mass is 327 g/mol. The van der Waals surface area contributed by atoms with Crippen LogP contribution in [0.3, 0.4) is 0 Å². The molecule has 0 aliphatic heterocycles. The van der Waals surface area contributed by atoms with Crippen LogP contribution in [0.5, 0.6) is 0 Å². The maximum atomic E-state index is 11.6. The number of halogens is 4. The van der Waals surface area contributed by atoms with Gasteiger partial charge < -0.3 is 4.74 Å². The molecule has 2 heterocycles. The Labute approximate surface area is 122 Å². The molecule has 0 aliphatic rings. The number of ether oxygens (including phenoxy) is 1. The lowest BCUT2D eigenvalue weighted by Gasteiger charge is -2.02. The van der Waals surface area contributed by atoms with Gasteiger partial charge >= 0.3 is 5.97 Å². The van der Waals surface area contributed by atoms with Crippen LogP contribution in [-0.4, -0.2) is 26.9 Å². The van der Waals surface area contributed by atoms with E-state index in [0.717, 1.165) is 0 Å². The van der Waals surface area contributed by atoms with Crippen LogP contribution in [0.25, 0.3) is 5.65 Å². The van der Waals surface area contributed by atoms with Crippen molar-refractivity contribution in [3.8, 4) is 0 Å². The lowest BCUT2D eigenvalue weighted by molar-refractivity contribution is 0.0520. The summed E-state index contributed by atoms with van der Waals surface area (Å²) in [5.74, 6) is -0.672. The van der Waals surface area contributed by atoms with Gasteiger partial charge in [-0.1, -0.05) is 46.4 Å². The SMILES string of the molecule is CCOC(=O)c1nc2c(Cl)nc(Cl)c(Cl)n2c1Cl. The number of carbonyl (C=O) groups excluding carboxylic acids is 1. The summed E-state index contributed by atoms with van der Waals surface area (Å²) in [6.07, 6.45) is 0. The Morgan fingerprint density at radius 3 is 2.44 bits per heavy atom. The maximum Gasteiger partial charge on any atom is 0.360 e. The van der Waals surface area contributed by atoms with Gasteiger partial charge in [-0.3, -0.25) is 4.40 Å². The molecular formula is C9H5Cl4N3O2. The third kappa shape index (κ3) is 2.12. The van der Waals surface area contributed by atoms with Gasteiger partial charge in [0.1, 0.15) is 5.15 Å². The van der Waals surface area contributed by atoms with Crippen molar-refractivity contribution in [2.45, 2.75) is 6.92 Å². The minimum absolute atomic E-state index is 0.0122. The second-order valence-corrected chi connectivity index (χ2v) is 4.55. The summed E-state index contributed by atoms with van der Waals surface area (Å²) in [7, 11) is 0. The molecular weight excluding hydrogens is 324 g/mol. The molecule has 0 unspecified atom stereocenters. The van der Waals surface area contributed by atoms with E-state index in [1.807, 2.05) is 0 Å². The number of esters is 1. The smallest absolute Gasteiger partial charge is 0.360 e. The van der Waals surface area contributed by atoms with Gasteiger partial charge in [-0.05, 0) is 6.92 Å². The predicted molar refractivity (Wildman–Crippen MR) is 69.0 cm³/mol. The van der Waals surface area contributed by atoms with E-state index in [2.05, 4.69) is 9.97 Å². The molecule has 0 amide bonds. The standard InChI is InChI=1S/C9H5Cl4N3O2/c1-2-18-9(17)3-6(12)16-7(13)4(10)15-5(11)8(16)14-3/h2H2,1H3. The number of hydrogen-bond acceptors (Lipinski definition) is 4. The summed E-state index contributed by atoms with van der Waals surface area (Å²) in [6, 6.07) is 0. The van der Waals surface area contributed by atoms with Gasteiger partial charge in [-0.25, -0.2) is 14.8 Å². The fraction of sp³-hybridized carbons (Fsp3) is 0.222. The van der Waals surface area contributed by atoms with E-state index in [4.69, 9.17) is 51.1 Å². The summed E-state index contributed by atoms with van der Waals surface area (Å²) in [5.41, 5.74) is 0.0468. The second kappa shape index (κ2) is 5.09. The highest BCUT2D eigenvalue weighted by molar-refractivity contribution is 6.42. The van der Waals surface area contributed by atoms with Crippen molar-refractivity contribution in [3.05, 3.63) is 26.3 Å². The summed E-state index contributed by atoms with van der Waals surface area (Å²) < 4.78 is 6.04. The van der Waals surface area contributed by atoms with Crippen LogP contribution in [0.4, 0.5) is 0 Å². The first-order valence-electron chi connectivity index (χ1n) is 4.73. The molecule has 0 atom stereocenters. The minimum atomic E-state index is -0.672. The Balaban J connectivity index is 2.74. The van der Waals surface area contributed by atoms with E-state index in [-0.39, 0.29) is 38.6 Å². The van der Waals surface area contributed by atoms with Crippen molar-refractivity contribution in [1.82, 2.24) is 14.4 Å². The number of hydrogen-bond donors (Lipinski definition) is 0. The van der Waals surface area contributed by atoms with Crippen LogP contribution >= 0.6 is 46.4 Å². The lowest BCUT2D eigenvalue weighted by atomic mass is 10.5. The number of imidazole rings is 1. The van der Waals surface area contributed by atoms with Gasteiger partial charge in [-0.2, -0.15) is 0 Å². The van der Waals surface area contributed by atoms with Crippen LogP contribution in [0, 0.1) is 0 Å². The Kier molecular flexibility index (Phi) is 3.87. The van der Waals surface area contributed by atoms with Crippen molar-refractivity contribution < 1.29 is 9.53 Å². The van der Waals surface area contributed by atoms with E-state index in [9.17, 15) is 4.79 Å². The summed E-state index contributed by atoms with van der Waals surface area (Å²) in [6.45, 7) is 1.86. The summed E-state index contributed by atoms with van der Waals surface area (Å²) in [5, 5.41) is -0.0607. The zero-order valence-corrected chi connectivity index (χ0v) is 11.9. The number of nitrogens with zero attached hydrogens (tertiary/aromatic N) is 3. The molecule has 2 aromatic rings. The van der Waals surface area contributed by atoms with E-state index in [1.54, 1.807) is 6.92 Å². The fourth-order valence-electron chi connectivity index (χ4n) is 1.32. The zero-order chi connectivity index (χ0) is 13.4. The fourth-order valence-corrected chi connectivity index (χ4v) is 2.28. The minimum Gasteiger partial charge on any atom is -0.461 e. The molecule has 2 rings (SSSR count). The van der Waals surface area contributed by atoms with Crippen LogP contribution in [0.1, 0.15) is 17.4 Å². The van der Waals surface area contributed by atoms with Crippen molar-refractivity contribution in [1.29, 1.82) is 0 Å². The van der Waals surface area contributed by atoms with Gasteiger partial charge in [0.25, 0.3) is 0 Å². The molecule has 2 aromatic heterocycles. The first-order chi connectivity index (χ1) is 8.47. The van der Waals surface area contributed by atoms with Crippen LogP contribution in [0.2, 0.25) is 20.6 Å². The summed E-state index contributed by atoms with van der Waals surface area (Å²) in [4.78, 5) is 19.3. The average molecular weight is 329 g/mol. The second-order valence-electron chi connectivity index (χ2n) is 3.11. The van der Waals surface area contributed by atoms with Crippen molar-refractivity contribution in [3.63, 3.8) is 0 Å². The third-order valence-electron chi connectivity index (χ3n) is 2.04. The molecule has 0 fully saturated rings. The first kappa shape index (κ1) is 13.7. The number of carbonyl (C=O) groups is 1. The Hall–Kier alpha value is -0.750. The molecule has 0 saturated carbocycles. The van der Waals surface area contributed by atoms with Crippen LogP contribution < -0.4 is 0 Å². The van der Waals surface area contributed by atoms with E-state index >= 15 is 0 Å². The van der Waals surface area contributed by atoms with E-state index in [0.29, 0.717) is 0 Å². The molecule has 0 aromatic carbocycles. The predicted octanol–water partition coefficient (Wildman–Crippen LogP) is 3.52. The molecule has 0 radical (unpaired) electrons. The molecule has 0 N–H and O–H groups in total. The van der Waals surface area contributed by atoms with Gasteiger partial charge in [0, 0.05) is 0 Å².